The van der Waals surface area contributed by atoms with Crippen molar-refractivity contribution in [2.75, 3.05) is 0 Å². The van der Waals surface area contributed by atoms with Crippen LogP contribution in [0.25, 0.3) is 0 Å². The number of carbonyl (C=O) groups is 2. The van der Waals surface area contributed by atoms with Crippen molar-refractivity contribution in [1.82, 2.24) is 10.3 Å². The molecule has 17 heavy (non-hydrogen) atoms. The predicted octanol–water partition coefficient (Wildman–Crippen LogP) is 1.20. The van der Waals surface area contributed by atoms with Crippen molar-refractivity contribution in [3.05, 3.63) is 29.8 Å². The molecule has 0 spiro atoms. The highest BCUT2D eigenvalue weighted by molar-refractivity contribution is 5.94. The highest BCUT2D eigenvalue weighted by Gasteiger charge is 2.24. The van der Waals surface area contributed by atoms with E-state index < -0.39 is 23.2 Å². The number of rotatable bonds is 4. The predicted molar refractivity (Wildman–Crippen MR) is 58.0 cm³/mol. The molecular formula is C11H13FN2O3. The van der Waals surface area contributed by atoms with E-state index in [4.69, 9.17) is 5.11 Å². The number of carboxylic acid groups (broad SMARTS) is 1. The second kappa shape index (κ2) is 4.90. The van der Waals surface area contributed by atoms with Gasteiger partial charge in [0.2, 0.25) is 0 Å². The number of nitrogens with zero attached hydrogens (tertiary/aromatic N) is 1. The van der Waals surface area contributed by atoms with E-state index in [-0.39, 0.29) is 12.0 Å². The number of nitrogens with one attached hydrogen (secondary N) is 1. The first-order chi connectivity index (χ1) is 7.80. The molecule has 5 nitrogen and oxygen atoms in total. The van der Waals surface area contributed by atoms with Crippen molar-refractivity contribution >= 4 is 11.9 Å². The molecule has 1 aromatic rings. The maximum absolute atomic E-state index is 12.8. The van der Waals surface area contributed by atoms with Crippen LogP contribution in [0.4, 0.5) is 4.39 Å². The molecule has 0 fully saturated rings. The quantitative estimate of drug-likeness (QED) is 0.828. The van der Waals surface area contributed by atoms with Gasteiger partial charge in [0.25, 0.3) is 5.91 Å². The van der Waals surface area contributed by atoms with Gasteiger partial charge in [0, 0.05) is 11.7 Å². The average molecular weight is 240 g/mol. The van der Waals surface area contributed by atoms with E-state index in [0.717, 1.165) is 12.3 Å². The molecule has 0 unspecified atom stereocenters. The molecule has 1 aromatic heterocycles. The van der Waals surface area contributed by atoms with Crippen molar-refractivity contribution in [1.29, 1.82) is 0 Å². The van der Waals surface area contributed by atoms with Crippen LogP contribution in [0.5, 0.6) is 0 Å². The summed E-state index contributed by atoms with van der Waals surface area (Å²) in [6, 6.07) is 1.04. The Hall–Kier alpha value is -1.98. The number of pyridine rings is 1. The van der Waals surface area contributed by atoms with Gasteiger partial charge in [0.1, 0.15) is 5.82 Å². The average Bonchev–Trinajstić information content (AvgIpc) is 2.14. The fourth-order valence-electron chi connectivity index (χ4n) is 1.34. The molecule has 2 N–H and O–H groups in total. The molecule has 0 bridgehead atoms. The Bertz CT molecular complexity index is 446. The lowest BCUT2D eigenvalue weighted by Gasteiger charge is -2.24. The molecule has 0 saturated carbocycles. The number of amides is 1. The van der Waals surface area contributed by atoms with Gasteiger partial charge in [-0.2, -0.15) is 0 Å². The fourth-order valence-corrected chi connectivity index (χ4v) is 1.34. The highest BCUT2D eigenvalue weighted by Crippen LogP contribution is 2.10. The lowest BCUT2D eigenvalue weighted by molar-refractivity contribution is -0.138. The summed E-state index contributed by atoms with van der Waals surface area (Å²) in [4.78, 5) is 25.8. The fraction of sp³-hybridized carbons (Fsp3) is 0.364. The monoisotopic (exact) mass is 240 g/mol. The molecule has 1 rings (SSSR count). The zero-order chi connectivity index (χ0) is 13.1. The first kappa shape index (κ1) is 13.1. The van der Waals surface area contributed by atoms with Crippen molar-refractivity contribution < 1.29 is 19.1 Å². The molecule has 0 aromatic carbocycles. The van der Waals surface area contributed by atoms with Crippen molar-refractivity contribution in [2.45, 2.75) is 25.8 Å². The minimum atomic E-state index is -1.02. The van der Waals surface area contributed by atoms with Crippen LogP contribution in [0.2, 0.25) is 0 Å². The molecule has 1 heterocycles. The lowest BCUT2D eigenvalue weighted by Crippen LogP contribution is -2.45. The standard InChI is InChI=1S/C11H13FN2O3/c1-11(2,4-9(15)16)14-10(17)7-3-8(12)6-13-5-7/h3,5-6H,4H2,1-2H3,(H,14,17)(H,15,16). The molecule has 0 atom stereocenters. The van der Waals surface area contributed by atoms with Gasteiger partial charge in [-0.25, -0.2) is 4.39 Å². The Balaban J connectivity index is 2.75. The van der Waals surface area contributed by atoms with E-state index in [1.54, 1.807) is 13.8 Å². The number of aliphatic carboxylic acids is 1. The van der Waals surface area contributed by atoms with Crippen LogP contribution in [0.15, 0.2) is 18.5 Å². The van der Waals surface area contributed by atoms with E-state index >= 15 is 0 Å². The van der Waals surface area contributed by atoms with Crippen molar-refractivity contribution in [2.24, 2.45) is 0 Å². The van der Waals surface area contributed by atoms with Gasteiger partial charge in [-0.3, -0.25) is 14.6 Å². The first-order valence-electron chi connectivity index (χ1n) is 4.95. The molecule has 0 saturated heterocycles. The summed E-state index contributed by atoms with van der Waals surface area (Å²) in [5, 5.41) is 11.2. The van der Waals surface area contributed by atoms with Gasteiger partial charge in [0.05, 0.1) is 18.2 Å². The summed E-state index contributed by atoms with van der Waals surface area (Å²) in [6.07, 6.45) is 1.98. The largest absolute Gasteiger partial charge is 0.481 e. The van der Waals surface area contributed by atoms with Gasteiger partial charge >= 0.3 is 5.97 Å². The summed E-state index contributed by atoms with van der Waals surface area (Å²) in [6.45, 7) is 3.15. The van der Waals surface area contributed by atoms with Gasteiger partial charge in [-0.1, -0.05) is 0 Å². The molecule has 0 radical (unpaired) electrons. The third-order valence-electron chi connectivity index (χ3n) is 2.01. The van der Waals surface area contributed by atoms with Crippen LogP contribution >= 0.6 is 0 Å². The summed E-state index contributed by atoms with van der Waals surface area (Å²) < 4.78 is 12.8. The smallest absolute Gasteiger partial charge is 0.305 e. The van der Waals surface area contributed by atoms with Crippen LogP contribution in [0, 0.1) is 5.82 Å². The molecule has 0 aliphatic heterocycles. The third kappa shape index (κ3) is 4.18. The third-order valence-corrected chi connectivity index (χ3v) is 2.01. The second-order valence-electron chi connectivity index (χ2n) is 4.30. The molecule has 6 heteroatoms. The minimum absolute atomic E-state index is 0.0588. The van der Waals surface area contributed by atoms with E-state index in [1.165, 1.54) is 6.20 Å². The Morgan fingerprint density at radius 1 is 1.47 bits per heavy atom. The number of carbonyl (C=O) groups excluding carboxylic acids is 1. The number of hydrogen-bond donors (Lipinski definition) is 2. The molecule has 0 aliphatic carbocycles. The van der Waals surface area contributed by atoms with E-state index in [9.17, 15) is 14.0 Å². The Kier molecular flexibility index (Phi) is 3.77. The van der Waals surface area contributed by atoms with Gasteiger partial charge in [0.15, 0.2) is 0 Å². The van der Waals surface area contributed by atoms with Crippen LogP contribution in [0.1, 0.15) is 30.6 Å². The molecule has 0 aliphatic rings. The van der Waals surface area contributed by atoms with E-state index in [0.29, 0.717) is 0 Å². The normalized spacial score (nSPS) is 11.0. The van der Waals surface area contributed by atoms with E-state index in [1.807, 2.05) is 0 Å². The van der Waals surface area contributed by atoms with Crippen LogP contribution in [-0.2, 0) is 4.79 Å². The second-order valence-corrected chi connectivity index (χ2v) is 4.30. The molecular weight excluding hydrogens is 227 g/mol. The summed E-state index contributed by atoms with van der Waals surface area (Å²) in [5.74, 6) is -2.19. The Morgan fingerprint density at radius 3 is 2.65 bits per heavy atom. The Labute approximate surface area is 97.7 Å². The molecule has 92 valence electrons. The maximum atomic E-state index is 12.8. The summed E-state index contributed by atoms with van der Waals surface area (Å²) in [5.41, 5.74) is -0.849. The SMILES string of the molecule is CC(C)(CC(=O)O)NC(=O)c1cncc(F)c1. The number of hydrogen-bond acceptors (Lipinski definition) is 3. The summed E-state index contributed by atoms with van der Waals surface area (Å²) in [7, 11) is 0. The number of carboxylic acids is 1. The maximum Gasteiger partial charge on any atom is 0.305 e. The zero-order valence-corrected chi connectivity index (χ0v) is 9.53. The van der Waals surface area contributed by atoms with Crippen molar-refractivity contribution in [3.63, 3.8) is 0 Å². The van der Waals surface area contributed by atoms with Crippen LogP contribution in [0.3, 0.4) is 0 Å². The zero-order valence-electron chi connectivity index (χ0n) is 9.53. The highest BCUT2D eigenvalue weighted by atomic mass is 19.1. The Morgan fingerprint density at radius 2 is 2.12 bits per heavy atom. The van der Waals surface area contributed by atoms with Crippen molar-refractivity contribution in [3.8, 4) is 0 Å². The topological polar surface area (TPSA) is 79.3 Å². The number of halogens is 1. The van der Waals surface area contributed by atoms with Crippen LogP contribution in [-0.4, -0.2) is 27.5 Å². The van der Waals surface area contributed by atoms with Gasteiger partial charge in [-0.15, -0.1) is 0 Å². The lowest BCUT2D eigenvalue weighted by atomic mass is 10.0. The van der Waals surface area contributed by atoms with Gasteiger partial charge < -0.3 is 10.4 Å². The van der Waals surface area contributed by atoms with Gasteiger partial charge in [-0.05, 0) is 19.9 Å². The summed E-state index contributed by atoms with van der Waals surface area (Å²) >= 11 is 0. The van der Waals surface area contributed by atoms with Crippen LogP contribution < -0.4 is 5.32 Å². The number of aromatic nitrogens is 1. The molecule has 1 amide bonds. The minimum Gasteiger partial charge on any atom is -0.481 e. The first-order valence-corrected chi connectivity index (χ1v) is 4.95. The van der Waals surface area contributed by atoms with E-state index in [2.05, 4.69) is 10.3 Å².